The van der Waals surface area contributed by atoms with Crippen LogP contribution in [0, 0.1) is 0 Å². The third-order valence-corrected chi connectivity index (χ3v) is 4.73. The first-order valence-electron chi connectivity index (χ1n) is 6.15. The van der Waals surface area contributed by atoms with E-state index in [0.717, 1.165) is 10.0 Å². The molecule has 2 rings (SSSR count). The van der Waals surface area contributed by atoms with Gasteiger partial charge in [-0.05, 0) is 47.6 Å². The molecular weight excluding hydrogens is 330 g/mol. The molecule has 1 aromatic heterocycles. The Balaban J connectivity index is 2.06. The van der Waals surface area contributed by atoms with Gasteiger partial charge in [0.2, 0.25) is 0 Å². The van der Waals surface area contributed by atoms with Crippen LogP contribution in [0.5, 0.6) is 0 Å². The molecule has 1 N–H and O–H groups in total. The molecule has 1 saturated heterocycles. The Kier molecular flexibility index (Phi) is 4.23. The van der Waals surface area contributed by atoms with Crippen molar-refractivity contribution < 1.29 is 14.6 Å². The van der Waals surface area contributed by atoms with Gasteiger partial charge in [-0.2, -0.15) is 11.3 Å². The predicted molar refractivity (Wildman–Crippen MR) is 78.6 cm³/mol. The second-order valence-electron chi connectivity index (χ2n) is 5.73. The van der Waals surface area contributed by atoms with E-state index in [4.69, 9.17) is 4.74 Å². The maximum absolute atomic E-state index is 12.0. The molecule has 2 atom stereocenters. The molecule has 1 aliphatic rings. The van der Waals surface area contributed by atoms with Gasteiger partial charge in [0.25, 0.3) is 0 Å². The summed E-state index contributed by atoms with van der Waals surface area (Å²) in [5, 5.41) is 14.1. The highest BCUT2D eigenvalue weighted by Gasteiger charge is 2.37. The van der Waals surface area contributed by atoms with Crippen LogP contribution in [0.1, 0.15) is 32.3 Å². The van der Waals surface area contributed by atoms with Crippen LogP contribution in [0.25, 0.3) is 0 Å². The summed E-state index contributed by atoms with van der Waals surface area (Å²) in [4.78, 5) is 13.6. The van der Waals surface area contributed by atoms with Crippen molar-refractivity contribution in [1.82, 2.24) is 4.90 Å². The summed E-state index contributed by atoms with van der Waals surface area (Å²) >= 11 is 5.06. The number of thiophene rings is 1. The Morgan fingerprint density at radius 2 is 2.16 bits per heavy atom. The largest absolute Gasteiger partial charge is 0.444 e. The highest BCUT2D eigenvalue weighted by Crippen LogP contribution is 2.35. The van der Waals surface area contributed by atoms with E-state index in [1.165, 1.54) is 0 Å². The molecule has 1 aliphatic heterocycles. The maximum Gasteiger partial charge on any atom is 0.410 e. The minimum atomic E-state index is -0.543. The van der Waals surface area contributed by atoms with Crippen molar-refractivity contribution in [3.05, 3.63) is 20.8 Å². The van der Waals surface area contributed by atoms with Gasteiger partial charge in [0.1, 0.15) is 5.60 Å². The SMILES string of the molecule is CC(C)(C)OC(=O)N1C[C@H](c2cscc2Br)[C@@H](O)C1. The van der Waals surface area contributed by atoms with Crippen LogP contribution in [0.15, 0.2) is 15.2 Å². The first-order chi connectivity index (χ1) is 8.78. The summed E-state index contributed by atoms with van der Waals surface area (Å²) in [6.07, 6.45) is -0.904. The number of hydrogen-bond donors (Lipinski definition) is 1. The first-order valence-corrected chi connectivity index (χ1v) is 7.89. The lowest BCUT2D eigenvalue weighted by atomic mass is 9.99. The van der Waals surface area contributed by atoms with E-state index in [-0.39, 0.29) is 12.0 Å². The molecule has 6 heteroatoms. The number of carbonyl (C=O) groups excluding carboxylic acids is 1. The van der Waals surface area contributed by atoms with Gasteiger partial charge in [-0.25, -0.2) is 4.79 Å². The topological polar surface area (TPSA) is 49.8 Å². The molecule has 0 aliphatic carbocycles. The molecular formula is C13H18BrNO3S. The van der Waals surface area contributed by atoms with E-state index in [2.05, 4.69) is 15.9 Å². The molecule has 0 aromatic carbocycles. The lowest BCUT2D eigenvalue weighted by molar-refractivity contribution is 0.0270. The van der Waals surface area contributed by atoms with E-state index < -0.39 is 11.7 Å². The first kappa shape index (κ1) is 14.8. The molecule has 4 nitrogen and oxygen atoms in total. The molecule has 0 unspecified atom stereocenters. The molecule has 0 bridgehead atoms. The highest BCUT2D eigenvalue weighted by atomic mass is 79.9. The summed E-state index contributed by atoms with van der Waals surface area (Å²) in [6, 6.07) is 0. The van der Waals surface area contributed by atoms with Gasteiger partial charge >= 0.3 is 6.09 Å². The zero-order valence-electron chi connectivity index (χ0n) is 11.2. The number of halogens is 1. The van der Waals surface area contributed by atoms with E-state index >= 15 is 0 Å². The molecule has 0 saturated carbocycles. The standard InChI is InChI=1S/C13H18BrNO3S/c1-13(2,3)18-12(17)15-4-8(11(16)5-15)9-6-19-7-10(9)14/h6-8,11,16H,4-5H2,1-3H3/t8-,11+/m1/s1. The number of aliphatic hydroxyl groups is 1. The minimum absolute atomic E-state index is 0.0480. The van der Waals surface area contributed by atoms with Crippen LogP contribution in [0.4, 0.5) is 4.79 Å². The Morgan fingerprint density at radius 1 is 1.47 bits per heavy atom. The van der Waals surface area contributed by atoms with E-state index in [0.29, 0.717) is 13.1 Å². The molecule has 19 heavy (non-hydrogen) atoms. The van der Waals surface area contributed by atoms with Gasteiger partial charge in [0.05, 0.1) is 12.6 Å². The van der Waals surface area contributed by atoms with Crippen molar-refractivity contribution in [3.63, 3.8) is 0 Å². The lowest BCUT2D eigenvalue weighted by Crippen LogP contribution is -2.35. The smallest absolute Gasteiger partial charge is 0.410 e. The summed E-state index contributed by atoms with van der Waals surface area (Å²) in [5.41, 5.74) is 0.548. The zero-order chi connectivity index (χ0) is 14.2. The molecule has 0 spiro atoms. The Morgan fingerprint density at radius 3 is 2.68 bits per heavy atom. The monoisotopic (exact) mass is 347 g/mol. The van der Waals surface area contributed by atoms with Crippen molar-refractivity contribution in [2.75, 3.05) is 13.1 Å². The number of ether oxygens (including phenoxy) is 1. The maximum atomic E-state index is 12.0. The molecule has 1 amide bonds. The van der Waals surface area contributed by atoms with Gasteiger partial charge < -0.3 is 14.7 Å². The van der Waals surface area contributed by atoms with Crippen LogP contribution in [0.2, 0.25) is 0 Å². The Hall–Kier alpha value is -0.590. The van der Waals surface area contributed by atoms with E-state index in [9.17, 15) is 9.90 Å². The number of amides is 1. The quantitative estimate of drug-likeness (QED) is 0.848. The Labute approximate surface area is 125 Å². The van der Waals surface area contributed by atoms with E-state index in [1.54, 1.807) is 16.2 Å². The van der Waals surface area contributed by atoms with Crippen molar-refractivity contribution in [3.8, 4) is 0 Å². The number of β-amino-alcohol motifs (C(OH)–C–C–N with tert-alkyl or cyclic N) is 1. The number of carbonyl (C=O) groups is 1. The summed E-state index contributed by atoms with van der Waals surface area (Å²) in [5.74, 6) is -0.0480. The molecule has 1 fully saturated rings. The van der Waals surface area contributed by atoms with Gasteiger partial charge in [0.15, 0.2) is 0 Å². The number of hydrogen-bond acceptors (Lipinski definition) is 4. The summed E-state index contributed by atoms with van der Waals surface area (Å²) in [7, 11) is 0. The van der Waals surface area contributed by atoms with Gasteiger partial charge in [-0.3, -0.25) is 0 Å². The normalized spacial score (nSPS) is 23.7. The van der Waals surface area contributed by atoms with Crippen LogP contribution in [0.3, 0.4) is 0 Å². The third kappa shape index (κ3) is 3.49. The number of nitrogens with zero attached hydrogens (tertiary/aromatic N) is 1. The highest BCUT2D eigenvalue weighted by molar-refractivity contribution is 9.10. The summed E-state index contributed by atoms with van der Waals surface area (Å²) < 4.78 is 6.33. The van der Waals surface area contributed by atoms with Gasteiger partial charge in [-0.15, -0.1) is 0 Å². The third-order valence-electron chi connectivity index (χ3n) is 2.98. The second kappa shape index (κ2) is 5.42. The fourth-order valence-electron chi connectivity index (χ4n) is 2.12. The predicted octanol–water partition coefficient (Wildman–Crippen LogP) is 3.21. The fraction of sp³-hybridized carbons (Fsp3) is 0.615. The van der Waals surface area contributed by atoms with Gasteiger partial charge in [0, 0.05) is 22.3 Å². The van der Waals surface area contributed by atoms with Crippen molar-refractivity contribution in [1.29, 1.82) is 0 Å². The number of likely N-dealkylation sites (tertiary alicyclic amines) is 1. The van der Waals surface area contributed by atoms with Crippen molar-refractivity contribution in [2.45, 2.75) is 38.4 Å². The van der Waals surface area contributed by atoms with Crippen LogP contribution < -0.4 is 0 Å². The molecule has 106 valence electrons. The van der Waals surface area contributed by atoms with E-state index in [1.807, 2.05) is 31.5 Å². The van der Waals surface area contributed by atoms with Crippen molar-refractivity contribution in [2.24, 2.45) is 0 Å². The minimum Gasteiger partial charge on any atom is -0.444 e. The number of aliphatic hydroxyl groups excluding tert-OH is 1. The molecule has 0 radical (unpaired) electrons. The van der Waals surface area contributed by atoms with Crippen LogP contribution in [-0.2, 0) is 4.74 Å². The fourth-order valence-corrected chi connectivity index (χ4v) is 3.78. The van der Waals surface area contributed by atoms with Crippen molar-refractivity contribution >= 4 is 33.4 Å². The average molecular weight is 348 g/mol. The molecule has 1 aromatic rings. The zero-order valence-corrected chi connectivity index (χ0v) is 13.6. The average Bonchev–Trinajstić information content (AvgIpc) is 2.82. The lowest BCUT2D eigenvalue weighted by Gasteiger charge is -2.24. The summed E-state index contributed by atoms with van der Waals surface area (Å²) in [6.45, 7) is 6.33. The molecule has 2 heterocycles. The second-order valence-corrected chi connectivity index (χ2v) is 7.33. The van der Waals surface area contributed by atoms with Crippen LogP contribution in [-0.4, -0.2) is 40.9 Å². The van der Waals surface area contributed by atoms with Crippen LogP contribution >= 0.6 is 27.3 Å². The van der Waals surface area contributed by atoms with Gasteiger partial charge in [-0.1, -0.05) is 0 Å². The Bertz CT molecular complexity index is 469. The number of rotatable bonds is 1.